The maximum atomic E-state index is 11.6. The highest BCUT2D eigenvalue weighted by Gasteiger charge is 2.12. The van der Waals surface area contributed by atoms with Crippen molar-refractivity contribution in [2.24, 2.45) is 5.41 Å². The molecule has 0 saturated heterocycles. The topological polar surface area (TPSA) is 29.1 Å². The smallest absolute Gasteiger partial charge is 0.251 e. The zero-order valence-corrected chi connectivity index (χ0v) is 10.1. The largest absolute Gasteiger partial charge is 0.352 e. The summed E-state index contributed by atoms with van der Waals surface area (Å²) in [6.45, 7) is 6.90. The number of benzene rings is 1. The van der Waals surface area contributed by atoms with Gasteiger partial charge in [-0.2, -0.15) is 0 Å². The lowest BCUT2D eigenvalue weighted by Crippen LogP contribution is -2.32. The van der Waals surface area contributed by atoms with E-state index in [1.54, 1.807) is 24.3 Å². The van der Waals surface area contributed by atoms with E-state index < -0.39 is 0 Å². The van der Waals surface area contributed by atoms with Gasteiger partial charge >= 0.3 is 0 Å². The maximum Gasteiger partial charge on any atom is 0.251 e. The van der Waals surface area contributed by atoms with E-state index in [1.165, 1.54) is 0 Å². The van der Waals surface area contributed by atoms with Gasteiger partial charge in [0.25, 0.3) is 5.91 Å². The molecule has 0 fully saturated rings. The third-order valence-corrected chi connectivity index (χ3v) is 2.14. The molecule has 0 unspecified atom stereocenters. The molecule has 1 aromatic rings. The number of carbonyl (C=O) groups is 1. The van der Waals surface area contributed by atoms with Gasteiger partial charge in [-0.1, -0.05) is 32.4 Å². The SMILES string of the molecule is CC(C)(C)CNC(=O)c1ccc(Cl)cc1. The van der Waals surface area contributed by atoms with Crippen LogP contribution in [0, 0.1) is 5.41 Å². The van der Waals surface area contributed by atoms with Gasteiger partial charge in [-0.05, 0) is 29.7 Å². The predicted molar refractivity (Wildman–Crippen MR) is 63.2 cm³/mol. The van der Waals surface area contributed by atoms with Crippen molar-refractivity contribution in [3.63, 3.8) is 0 Å². The minimum absolute atomic E-state index is 0.0541. The average molecular weight is 226 g/mol. The Morgan fingerprint density at radius 1 is 1.27 bits per heavy atom. The molecule has 0 aliphatic rings. The molecule has 0 aliphatic carbocycles. The predicted octanol–water partition coefficient (Wildman–Crippen LogP) is 3.12. The molecule has 82 valence electrons. The van der Waals surface area contributed by atoms with Crippen molar-refractivity contribution < 1.29 is 4.79 Å². The summed E-state index contributed by atoms with van der Waals surface area (Å²) in [7, 11) is 0. The normalized spacial score (nSPS) is 11.2. The van der Waals surface area contributed by atoms with Gasteiger partial charge in [-0.3, -0.25) is 4.79 Å². The first kappa shape index (κ1) is 12.1. The molecule has 1 aromatic carbocycles. The van der Waals surface area contributed by atoms with Crippen LogP contribution < -0.4 is 5.32 Å². The van der Waals surface area contributed by atoms with Gasteiger partial charge in [-0.25, -0.2) is 0 Å². The van der Waals surface area contributed by atoms with Gasteiger partial charge < -0.3 is 5.32 Å². The third kappa shape index (κ3) is 4.34. The number of carbonyl (C=O) groups excluding carboxylic acids is 1. The molecule has 0 atom stereocenters. The van der Waals surface area contributed by atoms with E-state index in [0.717, 1.165) is 0 Å². The standard InChI is InChI=1S/C12H16ClNO/c1-12(2,3)8-14-11(15)9-4-6-10(13)7-5-9/h4-7H,8H2,1-3H3,(H,14,15). The van der Waals surface area contributed by atoms with E-state index in [-0.39, 0.29) is 11.3 Å². The molecule has 0 heterocycles. The Kier molecular flexibility index (Phi) is 3.75. The molecule has 0 aromatic heterocycles. The van der Waals surface area contributed by atoms with Crippen LogP contribution in [0.15, 0.2) is 24.3 Å². The number of halogens is 1. The zero-order valence-electron chi connectivity index (χ0n) is 9.30. The van der Waals surface area contributed by atoms with E-state index in [2.05, 4.69) is 26.1 Å². The molecule has 1 amide bonds. The maximum absolute atomic E-state index is 11.6. The molecule has 1 rings (SSSR count). The molecular weight excluding hydrogens is 210 g/mol. The number of nitrogens with one attached hydrogen (secondary N) is 1. The zero-order chi connectivity index (χ0) is 11.5. The van der Waals surface area contributed by atoms with Crippen LogP contribution in [0.5, 0.6) is 0 Å². The van der Waals surface area contributed by atoms with Gasteiger partial charge in [0.15, 0.2) is 0 Å². The Morgan fingerprint density at radius 2 is 1.80 bits per heavy atom. The summed E-state index contributed by atoms with van der Waals surface area (Å²) in [5.74, 6) is -0.0541. The highest BCUT2D eigenvalue weighted by atomic mass is 35.5. The van der Waals surface area contributed by atoms with Crippen LogP contribution in [0.3, 0.4) is 0 Å². The second-order valence-electron chi connectivity index (χ2n) is 4.75. The minimum Gasteiger partial charge on any atom is -0.352 e. The number of rotatable bonds is 2. The van der Waals surface area contributed by atoms with Crippen LogP contribution in [-0.4, -0.2) is 12.5 Å². The van der Waals surface area contributed by atoms with Crippen molar-refractivity contribution in [2.45, 2.75) is 20.8 Å². The van der Waals surface area contributed by atoms with Crippen LogP contribution >= 0.6 is 11.6 Å². The van der Waals surface area contributed by atoms with Crippen LogP contribution in [0.2, 0.25) is 5.02 Å². The summed E-state index contributed by atoms with van der Waals surface area (Å²) in [4.78, 5) is 11.6. The van der Waals surface area contributed by atoms with Gasteiger partial charge in [-0.15, -0.1) is 0 Å². The summed E-state index contributed by atoms with van der Waals surface area (Å²) >= 11 is 5.73. The fourth-order valence-electron chi connectivity index (χ4n) is 1.05. The van der Waals surface area contributed by atoms with E-state index in [0.29, 0.717) is 17.1 Å². The monoisotopic (exact) mass is 225 g/mol. The molecule has 3 heteroatoms. The Hall–Kier alpha value is -1.02. The van der Waals surface area contributed by atoms with Gasteiger partial charge in [0, 0.05) is 17.1 Å². The Labute approximate surface area is 95.6 Å². The molecule has 0 bridgehead atoms. The van der Waals surface area contributed by atoms with E-state index >= 15 is 0 Å². The molecule has 0 radical (unpaired) electrons. The minimum atomic E-state index is -0.0541. The summed E-state index contributed by atoms with van der Waals surface area (Å²) in [6.07, 6.45) is 0. The molecule has 0 spiro atoms. The molecule has 15 heavy (non-hydrogen) atoms. The number of hydrogen-bond donors (Lipinski definition) is 1. The van der Waals surface area contributed by atoms with E-state index in [4.69, 9.17) is 11.6 Å². The average Bonchev–Trinajstić information content (AvgIpc) is 2.14. The van der Waals surface area contributed by atoms with Crippen molar-refractivity contribution in [2.75, 3.05) is 6.54 Å². The number of amides is 1. The number of hydrogen-bond acceptors (Lipinski definition) is 1. The van der Waals surface area contributed by atoms with Crippen LogP contribution in [-0.2, 0) is 0 Å². The molecule has 0 saturated carbocycles. The Balaban J connectivity index is 2.58. The lowest BCUT2D eigenvalue weighted by molar-refractivity contribution is 0.0939. The van der Waals surface area contributed by atoms with E-state index in [9.17, 15) is 4.79 Å². The van der Waals surface area contributed by atoms with Gasteiger partial charge in [0.2, 0.25) is 0 Å². The first-order valence-corrected chi connectivity index (χ1v) is 5.30. The molecule has 2 nitrogen and oxygen atoms in total. The first-order valence-electron chi connectivity index (χ1n) is 4.92. The Morgan fingerprint density at radius 3 is 2.27 bits per heavy atom. The van der Waals surface area contributed by atoms with E-state index in [1.807, 2.05) is 0 Å². The molecular formula is C12H16ClNO. The van der Waals surface area contributed by atoms with Crippen LogP contribution in [0.4, 0.5) is 0 Å². The summed E-state index contributed by atoms with van der Waals surface area (Å²) < 4.78 is 0. The van der Waals surface area contributed by atoms with Crippen LogP contribution in [0.1, 0.15) is 31.1 Å². The Bertz CT molecular complexity index is 338. The third-order valence-electron chi connectivity index (χ3n) is 1.89. The summed E-state index contributed by atoms with van der Waals surface area (Å²) in [5, 5.41) is 3.52. The van der Waals surface area contributed by atoms with Crippen molar-refractivity contribution in [1.29, 1.82) is 0 Å². The van der Waals surface area contributed by atoms with Gasteiger partial charge in [0.05, 0.1) is 0 Å². The highest BCUT2D eigenvalue weighted by molar-refractivity contribution is 6.30. The molecule has 1 N–H and O–H groups in total. The fourth-order valence-corrected chi connectivity index (χ4v) is 1.17. The van der Waals surface area contributed by atoms with Crippen molar-refractivity contribution in [3.05, 3.63) is 34.9 Å². The summed E-state index contributed by atoms with van der Waals surface area (Å²) in [6, 6.07) is 6.88. The van der Waals surface area contributed by atoms with Crippen molar-refractivity contribution in [1.82, 2.24) is 5.32 Å². The summed E-state index contributed by atoms with van der Waals surface area (Å²) in [5.41, 5.74) is 0.742. The van der Waals surface area contributed by atoms with Gasteiger partial charge in [0.1, 0.15) is 0 Å². The highest BCUT2D eigenvalue weighted by Crippen LogP contribution is 2.12. The first-order chi connectivity index (χ1) is 6.88. The lowest BCUT2D eigenvalue weighted by atomic mass is 9.97. The lowest BCUT2D eigenvalue weighted by Gasteiger charge is -2.18. The second kappa shape index (κ2) is 4.67. The van der Waals surface area contributed by atoms with Crippen LogP contribution in [0.25, 0.3) is 0 Å². The second-order valence-corrected chi connectivity index (χ2v) is 5.19. The van der Waals surface area contributed by atoms with Crippen molar-refractivity contribution in [3.8, 4) is 0 Å². The fraction of sp³-hybridized carbons (Fsp3) is 0.417. The van der Waals surface area contributed by atoms with Crippen molar-refractivity contribution >= 4 is 17.5 Å². The quantitative estimate of drug-likeness (QED) is 0.824. The molecule has 0 aliphatic heterocycles.